The summed E-state index contributed by atoms with van der Waals surface area (Å²) in [5, 5.41) is 10.3. The summed E-state index contributed by atoms with van der Waals surface area (Å²) in [6, 6.07) is 4.91. The lowest BCUT2D eigenvalue weighted by molar-refractivity contribution is 0.132. The Balaban J connectivity index is 0.00000225. The van der Waals surface area contributed by atoms with Gasteiger partial charge in [-0.25, -0.2) is 0 Å². The molecule has 2 nitrogen and oxygen atoms in total. The van der Waals surface area contributed by atoms with E-state index in [2.05, 4.69) is 0 Å². The van der Waals surface area contributed by atoms with E-state index in [0.29, 0.717) is 10.0 Å². The summed E-state index contributed by atoms with van der Waals surface area (Å²) in [7, 11) is 0. The molecule has 0 aliphatic rings. The molecule has 1 aromatic rings. The molecular weight excluding hydrogens is 268 g/mol. The molecule has 1 atom stereocenters. The molecule has 0 fully saturated rings. The summed E-state index contributed by atoms with van der Waals surface area (Å²) in [6.45, 7) is 3.80. The van der Waals surface area contributed by atoms with Crippen LogP contribution < -0.4 is 5.73 Å². The van der Waals surface area contributed by atoms with Gasteiger partial charge >= 0.3 is 0 Å². The van der Waals surface area contributed by atoms with Gasteiger partial charge in [0.1, 0.15) is 0 Å². The number of aliphatic hydroxyl groups excluding tert-OH is 1. The Kier molecular flexibility index (Phi) is 6.09. The van der Waals surface area contributed by atoms with Crippen LogP contribution in [0.5, 0.6) is 0 Å². The van der Waals surface area contributed by atoms with Gasteiger partial charge in [0.05, 0.1) is 0 Å². The first-order valence-electron chi connectivity index (χ1n) is 4.69. The normalized spacial score (nSPS) is 13.1. The molecule has 0 amide bonds. The maximum absolute atomic E-state index is 9.22. The molecule has 1 rings (SSSR count). The second-order valence-corrected chi connectivity index (χ2v) is 5.20. The molecule has 0 saturated heterocycles. The zero-order valence-corrected chi connectivity index (χ0v) is 11.5. The lowest BCUT2D eigenvalue weighted by Crippen LogP contribution is -2.32. The molecular formula is C11H16Cl3NO. The van der Waals surface area contributed by atoms with Crippen molar-refractivity contribution in [3.05, 3.63) is 33.8 Å². The monoisotopic (exact) mass is 283 g/mol. The van der Waals surface area contributed by atoms with E-state index in [1.807, 2.05) is 13.8 Å². The Morgan fingerprint density at radius 1 is 1.25 bits per heavy atom. The molecule has 0 radical (unpaired) electrons. The van der Waals surface area contributed by atoms with Crippen LogP contribution in [0, 0.1) is 5.41 Å². The lowest BCUT2D eigenvalue weighted by atomic mass is 9.82. The molecule has 0 heterocycles. The maximum atomic E-state index is 9.22. The third-order valence-corrected chi connectivity index (χ3v) is 2.93. The summed E-state index contributed by atoms with van der Waals surface area (Å²) in [6.07, 6.45) is 0. The molecule has 0 aliphatic heterocycles. The Bertz CT molecular complexity index is 335. The van der Waals surface area contributed by atoms with Gasteiger partial charge in [0.15, 0.2) is 0 Å². The fraction of sp³-hybridized carbons (Fsp3) is 0.455. The molecule has 0 unspecified atom stereocenters. The third kappa shape index (κ3) is 3.79. The van der Waals surface area contributed by atoms with E-state index in [1.165, 1.54) is 0 Å². The molecule has 92 valence electrons. The van der Waals surface area contributed by atoms with Crippen molar-refractivity contribution in [2.45, 2.75) is 19.9 Å². The van der Waals surface area contributed by atoms with E-state index >= 15 is 0 Å². The van der Waals surface area contributed by atoms with Crippen molar-refractivity contribution in [1.82, 2.24) is 0 Å². The Hall–Kier alpha value is 0.01000. The first-order valence-corrected chi connectivity index (χ1v) is 5.45. The second kappa shape index (κ2) is 6.08. The highest BCUT2D eigenvalue weighted by Crippen LogP contribution is 2.33. The van der Waals surface area contributed by atoms with Gasteiger partial charge in [-0.3, -0.25) is 0 Å². The molecule has 0 saturated carbocycles. The highest BCUT2D eigenvalue weighted by molar-refractivity contribution is 6.34. The zero-order chi connectivity index (χ0) is 11.6. The van der Waals surface area contributed by atoms with Crippen LogP contribution in [0.25, 0.3) is 0 Å². The first kappa shape index (κ1) is 16.0. The SMILES string of the molecule is CC(C)(CO)[C@H](N)c1cc(Cl)cc(Cl)c1.Cl. The number of hydrogen-bond donors (Lipinski definition) is 2. The average Bonchev–Trinajstić information content (AvgIpc) is 2.15. The van der Waals surface area contributed by atoms with Gasteiger partial charge in [-0.1, -0.05) is 37.0 Å². The fourth-order valence-corrected chi connectivity index (χ4v) is 1.85. The molecule has 3 N–H and O–H groups in total. The first-order chi connectivity index (χ1) is 6.86. The van der Waals surface area contributed by atoms with Gasteiger partial charge in [0.25, 0.3) is 0 Å². The highest BCUT2D eigenvalue weighted by atomic mass is 35.5. The molecule has 1 aromatic carbocycles. The molecule has 5 heteroatoms. The van der Waals surface area contributed by atoms with Crippen molar-refractivity contribution < 1.29 is 5.11 Å². The van der Waals surface area contributed by atoms with Gasteiger partial charge in [-0.15, -0.1) is 12.4 Å². The van der Waals surface area contributed by atoms with Crippen molar-refractivity contribution in [2.75, 3.05) is 6.61 Å². The van der Waals surface area contributed by atoms with E-state index in [0.717, 1.165) is 5.56 Å². The summed E-state index contributed by atoms with van der Waals surface area (Å²) in [5.74, 6) is 0. The van der Waals surface area contributed by atoms with Gasteiger partial charge in [-0.05, 0) is 23.8 Å². The Labute approximate surface area is 112 Å². The molecule has 0 aromatic heterocycles. The van der Waals surface area contributed by atoms with E-state index in [9.17, 15) is 5.11 Å². The van der Waals surface area contributed by atoms with Crippen LogP contribution in [0.4, 0.5) is 0 Å². The summed E-state index contributed by atoms with van der Waals surface area (Å²) >= 11 is 11.8. The number of halogens is 3. The third-order valence-electron chi connectivity index (χ3n) is 2.49. The van der Waals surface area contributed by atoms with Crippen molar-refractivity contribution in [1.29, 1.82) is 0 Å². The number of rotatable bonds is 3. The molecule has 16 heavy (non-hydrogen) atoms. The van der Waals surface area contributed by atoms with E-state index in [-0.39, 0.29) is 25.1 Å². The zero-order valence-electron chi connectivity index (χ0n) is 9.21. The van der Waals surface area contributed by atoms with Crippen molar-refractivity contribution in [3.8, 4) is 0 Å². The van der Waals surface area contributed by atoms with Crippen molar-refractivity contribution in [2.24, 2.45) is 11.1 Å². The van der Waals surface area contributed by atoms with Crippen LogP contribution in [0.15, 0.2) is 18.2 Å². The van der Waals surface area contributed by atoms with Gasteiger partial charge in [-0.2, -0.15) is 0 Å². The van der Waals surface area contributed by atoms with Crippen LogP contribution in [-0.2, 0) is 0 Å². The minimum atomic E-state index is -0.395. The van der Waals surface area contributed by atoms with Crippen LogP contribution >= 0.6 is 35.6 Å². The second-order valence-electron chi connectivity index (χ2n) is 4.33. The fourth-order valence-electron chi connectivity index (χ4n) is 1.30. The minimum Gasteiger partial charge on any atom is -0.396 e. The molecule has 0 spiro atoms. The van der Waals surface area contributed by atoms with Crippen molar-refractivity contribution >= 4 is 35.6 Å². The van der Waals surface area contributed by atoms with Gasteiger partial charge in [0, 0.05) is 28.1 Å². The summed E-state index contributed by atoms with van der Waals surface area (Å²) < 4.78 is 0. The van der Waals surface area contributed by atoms with Gasteiger partial charge in [0.2, 0.25) is 0 Å². The van der Waals surface area contributed by atoms with Gasteiger partial charge < -0.3 is 10.8 Å². The Morgan fingerprint density at radius 2 is 1.69 bits per heavy atom. The lowest BCUT2D eigenvalue weighted by Gasteiger charge is -2.29. The quantitative estimate of drug-likeness (QED) is 0.893. The summed E-state index contributed by atoms with van der Waals surface area (Å²) in [4.78, 5) is 0. The number of nitrogens with two attached hydrogens (primary N) is 1. The minimum absolute atomic E-state index is 0. The predicted molar refractivity (Wildman–Crippen MR) is 71.5 cm³/mol. The van der Waals surface area contributed by atoms with Crippen LogP contribution in [-0.4, -0.2) is 11.7 Å². The number of benzene rings is 1. The smallest absolute Gasteiger partial charge is 0.0500 e. The van der Waals surface area contributed by atoms with Crippen LogP contribution in [0.1, 0.15) is 25.5 Å². The number of hydrogen-bond acceptors (Lipinski definition) is 2. The standard InChI is InChI=1S/C11H15Cl2NO.ClH/c1-11(2,6-15)10(14)7-3-8(12)5-9(13)4-7;/h3-5,10,15H,6,14H2,1-2H3;1H/t10-;/m1./s1. The largest absolute Gasteiger partial charge is 0.396 e. The van der Waals surface area contributed by atoms with Crippen LogP contribution in [0.3, 0.4) is 0 Å². The highest BCUT2D eigenvalue weighted by Gasteiger charge is 2.27. The van der Waals surface area contributed by atoms with Crippen LogP contribution in [0.2, 0.25) is 10.0 Å². The number of aliphatic hydroxyl groups is 1. The maximum Gasteiger partial charge on any atom is 0.0500 e. The molecule has 0 bridgehead atoms. The Morgan fingerprint density at radius 3 is 2.06 bits per heavy atom. The van der Waals surface area contributed by atoms with Crippen molar-refractivity contribution in [3.63, 3.8) is 0 Å². The van der Waals surface area contributed by atoms with E-state index in [1.54, 1.807) is 18.2 Å². The molecule has 0 aliphatic carbocycles. The summed E-state index contributed by atoms with van der Waals surface area (Å²) in [5.41, 5.74) is 6.49. The van der Waals surface area contributed by atoms with E-state index < -0.39 is 5.41 Å². The van der Waals surface area contributed by atoms with E-state index in [4.69, 9.17) is 28.9 Å². The topological polar surface area (TPSA) is 46.2 Å². The predicted octanol–water partition coefficient (Wildman–Crippen LogP) is 3.43. The average molecular weight is 285 g/mol.